The Morgan fingerprint density at radius 3 is 2.88 bits per heavy atom. The summed E-state index contributed by atoms with van der Waals surface area (Å²) in [6.07, 6.45) is 1.75. The van der Waals surface area contributed by atoms with Crippen molar-refractivity contribution in [3.8, 4) is 5.75 Å². The summed E-state index contributed by atoms with van der Waals surface area (Å²) in [6, 6.07) is 8.28. The van der Waals surface area contributed by atoms with Gasteiger partial charge < -0.3 is 4.74 Å². The maximum Gasteiger partial charge on any atom is 0.119 e. The van der Waals surface area contributed by atoms with E-state index in [2.05, 4.69) is 25.0 Å². The SMILES string of the molecule is C=C(C)CC(CCOc1cccc(C)c1)NN. The molecule has 0 amide bonds. The van der Waals surface area contributed by atoms with Crippen molar-refractivity contribution in [2.75, 3.05) is 6.61 Å². The van der Waals surface area contributed by atoms with Gasteiger partial charge in [0.05, 0.1) is 6.61 Å². The molecule has 1 rings (SSSR count). The van der Waals surface area contributed by atoms with Crippen LogP contribution in [0, 0.1) is 6.92 Å². The summed E-state index contributed by atoms with van der Waals surface area (Å²) < 4.78 is 5.68. The minimum absolute atomic E-state index is 0.234. The van der Waals surface area contributed by atoms with Gasteiger partial charge in [-0.05, 0) is 44.4 Å². The van der Waals surface area contributed by atoms with Crippen LogP contribution in [0.4, 0.5) is 0 Å². The highest BCUT2D eigenvalue weighted by atomic mass is 16.5. The molecule has 0 saturated carbocycles. The lowest BCUT2D eigenvalue weighted by atomic mass is 10.1. The number of hydrogen-bond donors (Lipinski definition) is 2. The molecule has 0 aliphatic rings. The Labute approximate surface area is 104 Å². The predicted molar refractivity (Wildman–Crippen MR) is 71.8 cm³/mol. The molecule has 94 valence electrons. The molecule has 17 heavy (non-hydrogen) atoms. The van der Waals surface area contributed by atoms with E-state index in [1.807, 2.05) is 25.1 Å². The van der Waals surface area contributed by atoms with Gasteiger partial charge in [0.15, 0.2) is 0 Å². The van der Waals surface area contributed by atoms with Gasteiger partial charge in [-0.15, -0.1) is 6.58 Å². The lowest BCUT2D eigenvalue weighted by Crippen LogP contribution is -2.36. The third kappa shape index (κ3) is 5.52. The minimum Gasteiger partial charge on any atom is -0.494 e. The number of nitrogens with one attached hydrogen (secondary N) is 1. The molecule has 3 heteroatoms. The van der Waals surface area contributed by atoms with E-state index in [0.717, 1.165) is 24.2 Å². The van der Waals surface area contributed by atoms with Crippen LogP contribution in [0.15, 0.2) is 36.4 Å². The first-order valence-corrected chi connectivity index (χ1v) is 5.92. The number of benzene rings is 1. The zero-order valence-corrected chi connectivity index (χ0v) is 10.7. The zero-order chi connectivity index (χ0) is 12.7. The summed E-state index contributed by atoms with van der Waals surface area (Å²) in [5.41, 5.74) is 5.12. The van der Waals surface area contributed by atoms with Gasteiger partial charge in [0.25, 0.3) is 0 Å². The van der Waals surface area contributed by atoms with Crippen LogP contribution in [0.3, 0.4) is 0 Å². The second-order valence-electron chi connectivity index (χ2n) is 4.48. The highest BCUT2D eigenvalue weighted by Gasteiger charge is 2.06. The van der Waals surface area contributed by atoms with Crippen molar-refractivity contribution in [1.29, 1.82) is 0 Å². The maximum absolute atomic E-state index is 5.68. The molecule has 0 heterocycles. The fourth-order valence-electron chi connectivity index (χ4n) is 1.69. The zero-order valence-electron chi connectivity index (χ0n) is 10.7. The third-order valence-corrected chi connectivity index (χ3v) is 2.56. The summed E-state index contributed by atoms with van der Waals surface area (Å²) in [4.78, 5) is 0. The van der Waals surface area contributed by atoms with E-state index in [0.29, 0.717) is 6.61 Å². The van der Waals surface area contributed by atoms with E-state index < -0.39 is 0 Å². The van der Waals surface area contributed by atoms with Crippen molar-refractivity contribution in [1.82, 2.24) is 5.43 Å². The van der Waals surface area contributed by atoms with Crippen LogP contribution < -0.4 is 16.0 Å². The number of hydrogen-bond acceptors (Lipinski definition) is 3. The van der Waals surface area contributed by atoms with Gasteiger partial charge in [0.2, 0.25) is 0 Å². The molecule has 1 aromatic carbocycles. The molecule has 0 aromatic heterocycles. The first-order valence-electron chi connectivity index (χ1n) is 5.92. The largest absolute Gasteiger partial charge is 0.494 e. The van der Waals surface area contributed by atoms with Crippen molar-refractivity contribution < 1.29 is 4.74 Å². The maximum atomic E-state index is 5.68. The van der Waals surface area contributed by atoms with E-state index in [4.69, 9.17) is 10.6 Å². The number of hydrazine groups is 1. The Balaban J connectivity index is 2.33. The minimum atomic E-state index is 0.234. The molecule has 0 bridgehead atoms. The fourth-order valence-corrected chi connectivity index (χ4v) is 1.69. The monoisotopic (exact) mass is 234 g/mol. The van der Waals surface area contributed by atoms with Crippen molar-refractivity contribution in [3.05, 3.63) is 42.0 Å². The van der Waals surface area contributed by atoms with Crippen molar-refractivity contribution in [2.45, 2.75) is 32.7 Å². The summed E-state index contributed by atoms with van der Waals surface area (Å²) in [5, 5.41) is 0. The highest BCUT2D eigenvalue weighted by Crippen LogP contribution is 2.13. The van der Waals surface area contributed by atoms with Crippen LogP contribution >= 0.6 is 0 Å². The van der Waals surface area contributed by atoms with Gasteiger partial charge in [0.1, 0.15) is 5.75 Å². The summed E-state index contributed by atoms with van der Waals surface area (Å²) in [6.45, 7) is 8.60. The first kappa shape index (κ1) is 13.7. The van der Waals surface area contributed by atoms with Crippen LogP contribution in [0.2, 0.25) is 0 Å². The average Bonchev–Trinajstić information content (AvgIpc) is 2.27. The molecule has 0 spiro atoms. The Kier molecular flexibility index (Phi) is 5.73. The quantitative estimate of drug-likeness (QED) is 0.433. The standard InChI is InChI=1S/C14H22N2O/c1-11(2)9-13(16-15)7-8-17-14-6-4-5-12(3)10-14/h4-6,10,13,16H,1,7-9,15H2,2-3H3. The molecule has 0 radical (unpaired) electrons. The molecule has 0 saturated heterocycles. The van der Waals surface area contributed by atoms with E-state index in [1.54, 1.807) is 0 Å². The summed E-state index contributed by atoms with van der Waals surface area (Å²) in [5.74, 6) is 6.39. The summed E-state index contributed by atoms with van der Waals surface area (Å²) in [7, 11) is 0. The highest BCUT2D eigenvalue weighted by molar-refractivity contribution is 5.27. The smallest absolute Gasteiger partial charge is 0.119 e. The second kappa shape index (κ2) is 7.09. The molecule has 0 aliphatic carbocycles. The van der Waals surface area contributed by atoms with Gasteiger partial charge in [-0.3, -0.25) is 11.3 Å². The van der Waals surface area contributed by atoms with Crippen LogP contribution in [0.25, 0.3) is 0 Å². The van der Waals surface area contributed by atoms with Gasteiger partial charge in [-0.2, -0.15) is 0 Å². The Morgan fingerprint density at radius 1 is 1.53 bits per heavy atom. The van der Waals surface area contributed by atoms with Gasteiger partial charge >= 0.3 is 0 Å². The van der Waals surface area contributed by atoms with Crippen molar-refractivity contribution in [2.24, 2.45) is 5.84 Å². The van der Waals surface area contributed by atoms with Crippen molar-refractivity contribution in [3.63, 3.8) is 0 Å². The third-order valence-electron chi connectivity index (χ3n) is 2.56. The number of nitrogens with two attached hydrogens (primary N) is 1. The van der Waals surface area contributed by atoms with Crippen LogP contribution in [0.1, 0.15) is 25.3 Å². The normalized spacial score (nSPS) is 12.2. The molecular formula is C14H22N2O. The molecule has 1 unspecified atom stereocenters. The molecule has 3 N–H and O–H groups in total. The number of ether oxygens (including phenoxy) is 1. The predicted octanol–water partition coefficient (Wildman–Crippen LogP) is 2.56. The van der Waals surface area contributed by atoms with Crippen LogP contribution in [-0.4, -0.2) is 12.6 Å². The lowest BCUT2D eigenvalue weighted by Gasteiger charge is -2.16. The molecule has 3 nitrogen and oxygen atoms in total. The van der Waals surface area contributed by atoms with Crippen LogP contribution in [-0.2, 0) is 0 Å². The molecule has 1 aromatic rings. The van der Waals surface area contributed by atoms with Gasteiger partial charge in [-0.1, -0.05) is 17.7 Å². The van der Waals surface area contributed by atoms with Crippen LogP contribution in [0.5, 0.6) is 5.75 Å². The fraction of sp³-hybridized carbons (Fsp3) is 0.429. The van der Waals surface area contributed by atoms with E-state index >= 15 is 0 Å². The first-order chi connectivity index (χ1) is 8.11. The lowest BCUT2D eigenvalue weighted by molar-refractivity contribution is 0.285. The number of aryl methyl sites for hydroxylation is 1. The van der Waals surface area contributed by atoms with Gasteiger partial charge in [0, 0.05) is 6.04 Å². The average molecular weight is 234 g/mol. The van der Waals surface area contributed by atoms with Crippen molar-refractivity contribution >= 4 is 0 Å². The topological polar surface area (TPSA) is 47.3 Å². The summed E-state index contributed by atoms with van der Waals surface area (Å²) >= 11 is 0. The molecular weight excluding hydrogens is 212 g/mol. The second-order valence-corrected chi connectivity index (χ2v) is 4.48. The van der Waals surface area contributed by atoms with E-state index in [1.165, 1.54) is 5.56 Å². The molecule has 0 aliphatic heterocycles. The van der Waals surface area contributed by atoms with Gasteiger partial charge in [-0.25, -0.2) is 0 Å². The molecule has 1 atom stereocenters. The van der Waals surface area contributed by atoms with E-state index in [-0.39, 0.29) is 6.04 Å². The number of rotatable bonds is 7. The Hall–Kier alpha value is -1.32. The Morgan fingerprint density at radius 2 is 2.29 bits per heavy atom. The molecule has 0 fully saturated rings. The van der Waals surface area contributed by atoms with E-state index in [9.17, 15) is 0 Å². The Bertz CT molecular complexity index is 363.